The molecule has 0 spiro atoms. The molecule has 0 aliphatic heterocycles. The summed E-state index contributed by atoms with van der Waals surface area (Å²) < 4.78 is 5.44. The molecule has 124 valence electrons. The molecular formula is C18H24N2O2S. The Morgan fingerprint density at radius 3 is 2.52 bits per heavy atom. The highest BCUT2D eigenvalue weighted by atomic mass is 32.1. The molecule has 5 heteroatoms. The van der Waals surface area contributed by atoms with Crippen molar-refractivity contribution < 1.29 is 9.53 Å². The lowest BCUT2D eigenvalue weighted by molar-refractivity contribution is -0.121. The number of carbonyl (C=O) groups is 1. The van der Waals surface area contributed by atoms with Crippen molar-refractivity contribution in [3.63, 3.8) is 0 Å². The zero-order valence-electron chi connectivity index (χ0n) is 14.0. The maximum absolute atomic E-state index is 12.0. The maximum atomic E-state index is 12.0. The van der Waals surface area contributed by atoms with Gasteiger partial charge in [0.1, 0.15) is 10.8 Å². The molecule has 1 aromatic heterocycles. The quantitative estimate of drug-likeness (QED) is 0.793. The first-order chi connectivity index (χ1) is 11.2. The minimum absolute atomic E-state index is 0.0437. The number of nitrogens with one attached hydrogen (secondary N) is 1. The Morgan fingerprint density at radius 2 is 1.91 bits per heavy atom. The van der Waals surface area contributed by atoms with Crippen LogP contribution in [0.15, 0.2) is 29.6 Å². The molecule has 2 rings (SSSR count). The summed E-state index contributed by atoms with van der Waals surface area (Å²) in [5.41, 5.74) is 1.87. The number of hydrogen-bond acceptors (Lipinski definition) is 4. The Bertz CT molecular complexity index is 618. The summed E-state index contributed by atoms with van der Waals surface area (Å²) in [4.78, 5) is 16.6. The van der Waals surface area contributed by atoms with Gasteiger partial charge in [-0.3, -0.25) is 4.79 Å². The molecule has 1 heterocycles. The summed E-state index contributed by atoms with van der Waals surface area (Å²) in [7, 11) is 0. The van der Waals surface area contributed by atoms with Gasteiger partial charge in [0, 0.05) is 17.0 Å². The Hall–Kier alpha value is -1.88. The van der Waals surface area contributed by atoms with Gasteiger partial charge < -0.3 is 10.1 Å². The highest BCUT2D eigenvalue weighted by Crippen LogP contribution is 2.26. The van der Waals surface area contributed by atoms with Crippen LogP contribution >= 0.6 is 11.3 Å². The lowest BCUT2D eigenvalue weighted by Gasteiger charge is -2.13. The fraction of sp³-hybridized carbons (Fsp3) is 0.444. The van der Waals surface area contributed by atoms with E-state index in [-0.39, 0.29) is 11.9 Å². The van der Waals surface area contributed by atoms with Crippen molar-refractivity contribution in [2.24, 2.45) is 0 Å². The first-order valence-corrected chi connectivity index (χ1v) is 9.01. The molecular weight excluding hydrogens is 308 g/mol. The van der Waals surface area contributed by atoms with Gasteiger partial charge in [0.15, 0.2) is 0 Å². The number of amides is 1. The standard InChI is InChI=1S/C18H24N2O2S/c1-4-14(5-2)19-17(21)11-15-12-23-18(20-15)13-7-9-16(10-8-13)22-6-3/h7-10,12,14H,4-6,11H2,1-3H3,(H,19,21). The van der Waals surface area contributed by atoms with Crippen molar-refractivity contribution in [3.8, 4) is 16.3 Å². The predicted octanol–water partition coefficient (Wildman–Crippen LogP) is 4.06. The van der Waals surface area contributed by atoms with Crippen LogP contribution in [0.4, 0.5) is 0 Å². The van der Waals surface area contributed by atoms with E-state index in [2.05, 4.69) is 24.1 Å². The van der Waals surface area contributed by atoms with Gasteiger partial charge in [0.25, 0.3) is 0 Å². The second kappa shape index (κ2) is 8.67. The molecule has 0 aliphatic carbocycles. The van der Waals surface area contributed by atoms with Gasteiger partial charge in [-0.15, -0.1) is 11.3 Å². The Labute approximate surface area is 141 Å². The van der Waals surface area contributed by atoms with Gasteiger partial charge in [-0.2, -0.15) is 0 Å². The second-order valence-electron chi connectivity index (χ2n) is 5.36. The smallest absolute Gasteiger partial charge is 0.226 e. The molecule has 0 fully saturated rings. The molecule has 0 bridgehead atoms. The predicted molar refractivity (Wildman–Crippen MR) is 94.9 cm³/mol. The summed E-state index contributed by atoms with van der Waals surface area (Å²) in [6, 6.07) is 8.14. The molecule has 2 aromatic rings. The number of benzene rings is 1. The van der Waals surface area contributed by atoms with E-state index < -0.39 is 0 Å². The lowest BCUT2D eigenvalue weighted by atomic mass is 10.1. The number of carbonyl (C=O) groups excluding carboxylic acids is 1. The lowest BCUT2D eigenvalue weighted by Crippen LogP contribution is -2.34. The fourth-order valence-corrected chi connectivity index (χ4v) is 3.14. The first-order valence-electron chi connectivity index (χ1n) is 8.13. The molecule has 23 heavy (non-hydrogen) atoms. The van der Waals surface area contributed by atoms with Gasteiger partial charge >= 0.3 is 0 Å². The molecule has 0 atom stereocenters. The number of nitrogens with zero attached hydrogens (tertiary/aromatic N) is 1. The van der Waals surface area contributed by atoms with Gasteiger partial charge in [-0.1, -0.05) is 13.8 Å². The molecule has 1 amide bonds. The largest absolute Gasteiger partial charge is 0.494 e. The summed E-state index contributed by atoms with van der Waals surface area (Å²) in [5, 5.41) is 5.93. The Morgan fingerprint density at radius 1 is 1.22 bits per heavy atom. The van der Waals surface area contributed by atoms with E-state index in [1.165, 1.54) is 0 Å². The molecule has 1 N–H and O–H groups in total. The third kappa shape index (κ3) is 5.06. The average molecular weight is 332 g/mol. The summed E-state index contributed by atoms with van der Waals surface area (Å²) in [6.45, 7) is 6.79. The number of aromatic nitrogens is 1. The third-order valence-electron chi connectivity index (χ3n) is 3.66. The Balaban J connectivity index is 1.98. The molecule has 4 nitrogen and oxygen atoms in total. The van der Waals surface area contributed by atoms with Gasteiger partial charge in [-0.25, -0.2) is 4.98 Å². The van der Waals surface area contributed by atoms with Crippen LogP contribution in [-0.4, -0.2) is 23.5 Å². The SMILES string of the molecule is CCOc1ccc(-c2nc(CC(=O)NC(CC)CC)cs2)cc1. The van der Waals surface area contributed by atoms with E-state index in [0.717, 1.165) is 34.9 Å². The maximum Gasteiger partial charge on any atom is 0.226 e. The van der Waals surface area contributed by atoms with Crippen molar-refractivity contribution in [2.45, 2.75) is 46.1 Å². The van der Waals surface area contributed by atoms with Crippen LogP contribution in [-0.2, 0) is 11.2 Å². The normalized spacial score (nSPS) is 10.8. The van der Waals surface area contributed by atoms with E-state index >= 15 is 0 Å². The van der Waals surface area contributed by atoms with Gasteiger partial charge in [0.05, 0.1) is 18.7 Å². The van der Waals surface area contributed by atoms with E-state index in [0.29, 0.717) is 13.0 Å². The summed E-state index contributed by atoms with van der Waals surface area (Å²) in [6.07, 6.45) is 2.25. The number of rotatable bonds is 8. The second-order valence-corrected chi connectivity index (χ2v) is 6.22. The highest BCUT2D eigenvalue weighted by molar-refractivity contribution is 7.13. The Kier molecular flexibility index (Phi) is 6.59. The van der Waals surface area contributed by atoms with Crippen molar-refractivity contribution in [1.29, 1.82) is 0 Å². The summed E-state index contributed by atoms with van der Waals surface area (Å²) in [5.74, 6) is 0.903. The van der Waals surface area contributed by atoms with Gasteiger partial charge in [-0.05, 0) is 44.0 Å². The molecule has 1 aromatic carbocycles. The van der Waals surface area contributed by atoms with Crippen molar-refractivity contribution in [2.75, 3.05) is 6.61 Å². The van der Waals surface area contributed by atoms with E-state index in [4.69, 9.17) is 4.74 Å². The monoisotopic (exact) mass is 332 g/mol. The summed E-state index contributed by atoms with van der Waals surface area (Å²) >= 11 is 1.56. The van der Waals surface area contributed by atoms with Crippen LogP contribution in [0.5, 0.6) is 5.75 Å². The molecule has 0 saturated carbocycles. The number of ether oxygens (including phenoxy) is 1. The zero-order valence-corrected chi connectivity index (χ0v) is 14.8. The van der Waals surface area contributed by atoms with E-state index in [1.807, 2.05) is 36.6 Å². The van der Waals surface area contributed by atoms with Crippen LogP contribution in [0.25, 0.3) is 10.6 Å². The first kappa shape index (κ1) is 17.5. The van der Waals surface area contributed by atoms with Crippen LogP contribution in [0.2, 0.25) is 0 Å². The molecule has 0 unspecified atom stereocenters. The minimum Gasteiger partial charge on any atom is -0.494 e. The molecule has 0 aliphatic rings. The van der Waals surface area contributed by atoms with Gasteiger partial charge in [0.2, 0.25) is 5.91 Å². The van der Waals surface area contributed by atoms with Crippen molar-refractivity contribution in [1.82, 2.24) is 10.3 Å². The number of hydrogen-bond donors (Lipinski definition) is 1. The van der Waals surface area contributed by atoms with E-state index in [9.17, 15) is 4.79 Å². The topological polar surface area (TPSA) is 51.2 Å². The van der Waals surface area contributed by atoms with Crippen molar-refractivity contribution >= 4 is 17.2 Å². The zero-order chi connectivity index (χ0) is 16.7. The van der Waals surface area contributed by atoms with Crippen LogP contribution in [0.3, 0.4) is 0 Å². The van der Waals surface area contributed by atoms with Crippen molar-refractivity contribution in [3.05, 3.63) is 35.3 Å². The molecule has 0 saturated heterocycles. The third-order valence-corrected chi connectivity index (χ3v) is 4.60. The highest BCUT2D eigenvalue weighted by Gasteiger charge is 2.12. The van der Waals surface area contributed by atoms with E-state index in [1.54, 1.807) is 11.3 Å². The number of thiazole rings is 1. The minimum atomic E-state index is 0.0437. The van der Waals surface area contributed by atoms with Crippen LogP contribution in [0.1, 0.15) is 39.3 Å². The fourth-order valence-electron chi connectivity index (χ4n) is 2.32. The van der Waals surface area contributed by atoms with Crippen LogP contribution in [0, 0.1) is 0 Å². The molecule has 0 radical (unpaired) electrons. The average Bonchev–Trinajstić information content (AvgIpc) is 3.02. The van der Waals surface area contributed by atoms with Crippen LogP contribution < -0.4 is 10.1 Å².